The van der Waals surface area contributed by atoms with Crippen LogP contribution in [0.15, 0.2) is 18.2 Å². The lowest BCUT2D eigenvalue weighted by molar-refractivity contribution is 0.241. The average Bonchev–Trinajstić information content (AvgIpc) is 2.23. The number of rotatable bonds is 4. The van der Waals surface area contributed by atoms with Crippen LogP contribution in [0.25, 0.3) is 0 Å². The molecule has 1 rings (SSSR count). The number of amides is 2. The molecule has 94 valence electrons. The molecule has 0 spiro atoms. The van der Waals surface area contributed by atoms with Crippen molar-refractivity contribution in [3.8, 4) is 0 Å². The summed E-state index contributed by atoms with van der Waals surface area (Å²) in [7, 11) is 0. The molecule has 0 aliphatic rings. The van der Waals surface area contributed by atoms with Crippen LogP contribution in [0, 0.1) is 5.82 Å². The molecule has 3 N–H and O–H groups in total. The number of anilines is 1. The fourth-order valence-electron chi connectivity index (χ4n) is 1.23. The Kier molecular flexibility index (Phi) is 5.18. The van der Waals surface area contributed by atoms with Crippen LogP contribution in [-0.2, 0) is 0 Å². The third-order valence-electron chi connectivity index (χ3n) is 2.12. The lowest BCUT2D eigenvalue weighted by Gasteiger charge is -2.13. The van der Waals surface area contributed by atoms with Crippen molar-refractivity contribution in [3.05, 3.63) is 29.0 Å². The Morgan fingerprint density at radius 2 is 2.29 bits per heavy atom. The highest BCUT2D eigenvalue weighted by Crippen LogP contribution is 2.18. The first kappa shape index (κ1) is 13.7. The van der Waals surface area contributed by atoms with Crippen molar-refractivity contribution < 1.29 is 14.3 Å². The third kappa shape index (κ3) is 4.58. The molecule has 0 saturated heterocycles. The number of nitrogens with one attached hydrogen (secondary N) is 2. The van der Waals surface area contributed by atoms with E-state index in [2.05, 4.69) is 10.6 Å². The molecule has 0 aromatic heterocycles. The maximum absolute atomic E-state index is 13.1. The molecule has 0 radical (unpaired) electrons. The molecule has 2 amide bonds. The van der Waals surface area contributed by atoms with Gasteiger partial charge in [0.05, 0.1) is 5.02 Å². The predicted molar refractivity (Wildman–Crippen MR) is 64.7 cm³/mol. The van der Waals surface area contributed by atoms with Gasteiger partial charge in [0.1, 0.15) is 5.82 Å². The van der Waals surface area contributed by atoms with Gasteiger partial charge in [0.25, 0.3) is 0 Å². The van der Waals surface area contributed by atoms with Crippen molar-refractivity contribution in [2.24, 2.45) is 0 Å². The molecular weight excluding hydrogens is 247 g/mol. The van der Waals surface area contributed by atoms with Crippen LogP contribution in [0.4, 0.5) is 14.9 Å². The van der Waals surface area contributed by atoms with E-state index in [0.29, 0.717) is 12.1 Å². The minimum absolute atomic E-state index is 0.00296. The molecule has 0 aliphatic heterocycles. The molecular formula is C11H14ClFN2O2. The second-order valence-electron chi connectivity index (χ2n) is 3.64. The molecule has 6 heteroatoms. The minimum atomic E-state index is -0.590. The van der Waals surface area contributed by atoms with Gasteiger partial charge in [0, 0.05) is 18.3 Å². The number of hydrogen-bond donors (Lipinski definition) is 3. The molecule has 0 saturated carbocycles. The molecule has 17 heavy (non-hydrogen) atoms. The number of carbonyl (C=O) groups is 1. The summed E-state index contributed by atoms with van der Waals surface area (Å²) in [5.74, 6) is -0.590. The zero-order valence-electron chi connectivity index (χ0n) is 9.34. The number of benzene rings is 1. The van der Waals surface area contributed by atoms with E-state index in [1.807, 2.05) is 0 Å². The first-order valence-corrected chi connectivity index (χ1v) is 5.54. The Balaban J connectivity index is 2.53. The van der Waals surface area contributed by atoms with Crippen LogP contribution in [0.1, 0.15) is 13.3 Å². The van der Waals surface area contributed by atoms with Gasteiger partial charge in [-0.2, -0.15) is 0 Å². The van der Waals surface area contributed by atoms with Crippen molar-refractivity contribution in [2.75, 3.05) is 11.9 Å². The normalized spacial score (nSPS) is 12.0. The summed E-state index contributed by atoms with van der Waals surface area (Å²) in [6.07, 6.45) is 0.461. The molecule has 1 atom stereocenters. The highest BCUT2D eigenvalue weighted by molar-refractivity contribution is 6.30. The smallest absolute Gasteiger partial charge is 0.319 e. The van der Waals surface area contributed by atoms with Gasteiger partial charge in [-0.25, -0.2) is 9.18 Å². The molecule has 0 fully saturated rings. The summed E-state index contributed by atoms with van der Waals surface area (Å²) >= 11 is 5.51. The van der Waals surface area contributed by atoms with Gasteiger partial charge in [0.15, 0.2) is 0 Å². The summed E-state index contributed by atoms with van der Waals surface area (Å²) in [5.41, 5.74) is 0.320. The van der Waals surface area contributed by atoms with Gasteiger partial charge < -0.3 is 15.7 Å². The van der Waals surface area contributed by atoms with E-state index >= 15 is 0 Å². The number of aliphatic hydroxyl groups is 1. The van der Waals surface area contributed by atoms with E-state index in [4.69, 9.17) is 16.7 Å². The van der Waals surface area contributed by atoms with Crippen LogP contribution >= 0.6 is 11.6 Å². The zero-order valence-corrected chi connectivity index (χ0v) is 10.1. The van der Waals surface area contributed by atoms with Crippen molar-refractivity contribution in [3.63, 3.8) is 0 Å². The first-order chi connectivity index (χ1) is 8.02. The number of carbonyl (C=O) groups excluding carboxylic acids is 1. The van der Waals surface area contributed by atoms with Gasteiger partial charge in [-0.3, -0.25) is 0 Å². The SMILES string of the molecule is C[C@H](CCO)NC(=O)Nc1ccc(Cl)c(F)c1. The van der Waals surface area contributed by atoms with Gasteiger partial charge in [0.2, 0.25) is 0 Å². The average molecular weight is 261 g/mol. The Labute approximate surface area is 104 Å². The molecule has 1 aromatic rings. The predicted octanol–water partition coefficient (Wildman–Crippen LogP) is 2.37. The monoisotopic (exact) mass is 260 g/mol. The lowest BCUT2D eigenvalue weighted by atomic mass is 10.2. The molecule has 0 aliphatic carbocycles. The van der Waals surface area contributed by atoms with Gasteiger partial charge in [-0.15, -0.1) is 0 Å². The maximum Gasteiger partial charge on any atom is 0.319 e. The quantitative estimate of drug-likeness (QED) is 0.778. The molecule has 1 aromatic carbocycles. The van der Waals surface area contributed by atoms with Crippen LogP contribution in [0.3, 0.4) is 0 Å². The lowest BCUT2D eigenvalue weighted by Crippen LogP contribution is -2.36. The molecule has 0 unspecified atom stereocenters. The van der Waals surface area contributed by atoms with Crippen LogP contribution in [0.2, 0.25) is 5.02 Å². The largest absolute Gasteiger partial charge is 0.396 e. The summed E-state index contributed by atoms with van der Waals surface area (Å²) in [6.45, 7) is 1.76. The Morgan fingerprint density at radius 3 is 2.88 bits per heavy atom. The van der Waals surface area contributed by atoms with E-state index < -0.39 is 11.8 Å². The Morgan fingerprint density at radius 1 is 1.59 bits per heavy atom. The Bertz CT molecular complexity index is 401. The fourth-order valence-corrected chi connectivity index (χ4v) is 1.35. The van der Waals surface area contributed by atoms with E-state index in [1.165, 1.54) is 12.1 Å². The standard InChI is InChI=1S/C11H14ClFN2O2/c1-7(4-5-16)14-11(17)15-8-2-3-9(12)10(13)6-8/h2-3,6-7,16H,4-5H2,1H3,(H2,14,15,17)/t7-/m1/s1. The maximum atomic E-state index is 13.1. The van der Waals surface area contributed by atoms with Gasteiger partial charge in [-0.05, 0) is 31.5 Å². The summed E-state index contributed by atoms with van der Waals surface area (Å²) in [4.78, 5) is 11.4. The van der Waals surface area contributed by atoms with Gasteiger partial charge >= 0.3 is 6.03 Å². The summed E-state index contributed by atoms with van der Waals surface area (Å²) < 4.78 is 13.1. The van der Waals surface area contributed by atoms with Crippen LogP contribution in [-0.4, -0.2) is 23.8 Å². The van der Waals surface area contributed by atoms with E-state index in [9.17, 15) is 9.18 Å². The van der Waals surface area contributed by atoms with E-state index in [0.717, 1.165) is 6.07 Å². The molecule has 4 nitrogen and oxygen atoms in total. The fraction of sp³-hybridized carbons (Fsp3) is 0.364. The highest BCUT2D eigenvalue weighted by atomic mass is 35.5. The zero-order chi connectivity index (χ0) is 12.8. The van der Waals surface area contributed by atoms with Crippen molar-refractivity contribution in [2.45, 2.75) is 19.4 Å². The summed E-state index contributed by atoms with van der Waals surface area (Å²) in [6, 6.07) is 3.40. The van der Waals surface area contributed by atoms with Crippen molar-refractivity contribution in [1.29, 1.82) is 0 Å². The highest BCUT2D eigenvalue weighted by Gasteiger charge is 2.08. The number of halogens is 2. The van der Waals surface area contributed by atoms with Crippen LogP contribution < -0.4 is 10.6 Å². The van der Waals surface area contributed by atoms with E-state index in [1.54, 1.807) is 6.92 Å². The first-order valence-electron chi connectivity index (χ1n) is 5.16. The minimum Gasteiger partial charge on any atom is -0.396 e. The van der Waals surface area contributed by atoms with E-state index in [-0.39, 0.29) is 17.7 Å². The Hall–Kier alpha value is -1.33. The number of hydrogen-bond acceptors (Lipinski definition) is 2. The van der Waals surface area contributed by atoms with Crippen molar-refractivity contribution in [1.82, 2.24) is 5.32 Å². The number of urea groups is 1. The topological polar surface area (TPSA) is 61.4 Å². The summed E-state index contributed by atoms with van der Waals surface area (Å²) in [5, 5.41) is 13.7. The van der Waals surface area contributed by atoms with Crippen molar-refractivity contribution >= 4 is 23.3 Å². The third-order valence-corrected chi connectivity index (χ3v) is 2.42. The van der Waals surface area contributed by atoms with Crippen LogP contribution in [0.5, 0.6) is 0 Å². The number of aliphatic hydroxyl groups excluding tert-OH is 1. The van der Waals surface area contributed by atoms with Gasteiger partial charge in [-0.1, -0.05) is 11.6 Å². The molecule has 0 bridgehead atoms. The molecule has 0 heterocycles. The second kappa shape index (κ2) is 6.42. The second-order valence-corrected chi connectivity index (χ2v) is 4.05.